The molecule has 0 fully saturated rings. The molecule has 2 N–H and O–H groups in total. The van der Waals surface area contributed by atoms with Crippen molar-refractivity contribution in [2.75, 3.05) is 6.54 Å². The van der Waals surface area contributed by atoms with Crippen LogP contribution in [0.15, 0.2) is 12.2 Å². The van der Waals surface area contributed by atoms with Crippen molar-refractivity contribution in [1.82, 2.24) is 4.90 Å². The Kier molecular flexibility index (Phi) is 3.15. The first-order valence-corrected chi connectivity index (χ1v) is 5.00. The molecule has 0 bridgehead atoms. The highest BCUT2D eigenvalue weighted by Gasteiger charge is 2.34. The van der Waals surface area contributed by atoms with E-state index < -0.39 is 12.1 Å². The Hall–Kier alpha value is -1.34. The van der Waals surface area contributed by atoms with E-state index in [4.69, 9.17) is 11.0 Å². The van der Waals surface area contributed by atoms with Gasteiger partial charge in [-0.05, 0) is 11.5 Å². The van der Waals surface area contributed by atoms with Crippen molar-refractivity contribution in [2.24, 2.45) is 11.1 Å². The van der Waals surface area contributed by atoms with E-state index in [-0.39, 0.29) is 11.3 Å². The molecule has 2 atom stereocenters. The summed E-state index contributed by atoms with van der Waals surface area (Å²) >= 11 is 0. The van der Waals surface area contributed by atoms with Crippen LogP contribution in [0, 0.1) is 16.7 Å². The summed E-state index contributed by atoms with van der Waals surface area (Å²) in [5, 5.41) is 8.83. The summed E-state index contributed by atoms with van der Waals surface area (Å²) < 4.78 is 0. The maximum Gasteiger partial charge on any atom is 0.241 e. The first kappa shape index (κ1) is 11.7. The van der Waals surface area contributed by atoms with E-state index in [1.807, 2.05) is 26.8 Å². The van der Waals surface area contributed by atoms with E-state index in [1.54, 1.807) is 6.08 Å². The predicted octanol–water partition coefficient (Wildman–Crippen LogP) is 0.650. The fraction of sp³-hybridized carbons (Fsp3) is 0.636. The fourth-order valence-electron chi connectivity index (χ4n) is 1.41. The zero-order valence-electron chi connectivity index (χ0n) is 9.40. The number of amides is 1. The number of nitriles is 1. The fourth-order valence-corrected chi connectivity index (χ4v) is 1.41. The molecule has 0 saturated carbocycles. The van der Waals surface area contributed by atoms with Crippen LogP contribution >= 0.6 is 0 Å². The number of carbonyl (C=O) groups excluding carboxylic acids is 1. The van der Waals surface area contributed by atoms with E-state index >= 15 is 0 Å². The summed E-state index contributed by atoms with van der Waals surface area (Å²) in [5.74, 6) is -0.154. The van der Waals surface area contributed by atoms with Crippen molar-refractivity contribution in [2.45, 2.75) is 32.9 Å². The molecule has 0 aromatic heterocycles. The lowest BCUT2D eigenvalue weighted by molar-refractivity contribution is -0.134. The molecule has 0 aromatic rings. The number of rotatable bonds is 1. The van der Waals surface area contributed by atoms with Gasteiger partial charge < -0.3 is 10.6 Å². The van der Waals surface area contributed by atoms with Crippen LogP contribution in [0.4, 0.5) is 0 Å². The maximum atomic E-state index is 12.0. The van der Waals surface area contributed by atoms with E-state index in [0.29, 0.717) is 6.54 Å². The minimum absolute atomic E-state index is 0.154. The lowest BCUT2D eigenvalue weighted by atomic mass is 9.86. The van der Waals surface area contributed by atoms with Crippen molar-refractivity contribution in [3.8, 4) is 6.07 Å². The number of hydrogen-bond donors (Lipinski definition) is 1. The van der Waals surface area contributed by atoms with E-state index in [1.165, 1.54) is 4.90 Å². The standard InChI is InChI=1S/C11H17N3O/c1-11(2,3)9(13)10(15)14-6-4-5-8(14)7-12/h4-5,8-9H,6,13H2,1-3H3/t8-,9+/m0/s1. The van der Waals surface area contributed by atoms with Crippen molar-refractivity contribution >= 4 is 5.91 Å². The molecule has 4 nitrogen and oxygen atoms in total. The number of nitrogens with two attached hydrogens (primary N) is 1. The van der Waals surface area contributed by atoms with Crippen LogP contribution < -0.4 is 5.73 Å². The van der Waals surface area contributed by atoms with Crippen molar-refractivity contribution in [3.05, 3.63) is 12.2 Å². The Morgan fingerprint density at radius 2 is 2.27 bits per heavy atom. The third-order valence-electron chi connectivity index (χ3n) is 2.57. The highest BCUT2D eigenvalue weighted by molar-refractivity contribution is 5.83. The third-order valence-corrected chi connectivity index (χ3v) is 2.57. The summed E-state index contributed by atoms with van der Waals surface area (Å²) in [5.41, 5.74) is 5.58. The number of hydrogen-bond acceptors (Lipinski definition) is 3. The van der Waals surface area contributed by atoms with Gasteiger partial charge in [0.15, 0.2) is 0 Å². The molecule has 1 aliphatic heterocycles. The van der Waals surface area contributed by atoms with Gasteiger partial charge in [0.1, 0.15) is 6.04 Å². The lowest BCUT2D eigenvalue weighted by Gasteiger charge is -2.31. The van der Waals surface area contributed by atoms with Crippen LogP contribution in [0.1, 0.15) is 20.8 Å². The predicted molar refractivity (Wildman–Crippen MR) is 57.7 cm³/mol. The average Bonchev–Trinajstić information content (AvgIpc) is 2.61. The summed E-state index contributed by atoms with van der Waals surface area (Å²) in [6.07, 6.45) is 3.55. The highest BCUT2D eigenvalue weighted by Crippen LogP contribution is 2.21. The van der Waals surface area contributed by atoms with Crippen LogP contribution in [0.5, 0.6) is 0 Å². The maximum absolute atomic E-state index is 12.0. The molecule has 1 heterocycles. The molecule has 0 spiro atoms. The third kappa shape index (κ3) is 2.37. The van der Waals surface area contributed by atoms with E-state index in [0.717, 1.165) is 0 Å². The van der Waals surface area contributed by atoms with Crippen LogP contribution in [0.2, 0.25) is 0 Å². The number of nitrogens with zero attached hydrogens (tertiary/aromatic N) is 2. The molecule has 0 saturated heterocycles. The first-order valence-electron chi connectivity index (χ1n) is 5.00. The Morgan fingerprint density at radius 3 is 2.73 bits per heavy atom. The second kappa shape index (κ2) is 4.03. The molecule has 0 aromatic carbocycles. The molecule has 15 heavy (non-hydrogen) atoms. The Morgan fingerprint density at radius 1 is 1.67 bits per heavy atom. The minimum Gasteiger partial charge on any atom is -0.319 e. The van der Waals surface area contributed by atoms with Gasteiger partial charge in [-0.15, -0.1) is 0 Å². The summed E-state index contributed by atoms with van der Waals surface area (Å²) in [7, 11) is 0. The summed E-state index contributed by atoms with van der Waals surface area (Å²) in [4.78, 5) is 13.5. The lowest BCUT2D eigenvalue weighted by Crippen LogP contribution is -2.51. The molecular formula is C11H17N3O. The summed E-state index contributed by atoms with van der Waals surface area (Å²) in [6.45, 7) is 6.24. The molecule has 1 rings (SSSR count). The molecule has 82 valence electrons. The van der Waals surface area contributed by atoms with Gasteiger partial charge in [0.05, 0.1) is 12.1 Å². The smallest absolute Gasteiger partial charge is 0.241 e. The van der Waals surface area contributed by atoms with Gasteiger partial charge in [-0.2, -0.15) is 5.26 Å². The van der Waals surface area contributed by atoms with Crippen LogP contribution in [0.25, 0.3) is 0 Å². The summed E-state index contributed by atoms with van der Waals surface area (Å²) in [6, 6.07) is 1.05. The van der Waals surface area contributed by atoms with Gasteiger partial charge in [-0.25, -0.2) is 0 Å². The van der Waals surface area contributed by atoms with Gasteiger partial charge >= 0.3 is 0 Å². The van der Waals surface area contributed by atoms with E-state index in [9.17, 15) is 4.79 Å². The van der Waals surface area contributed by atoms with Gasteiger partial charge in [0.2, 0.25) is 5.91 Å². The highest BCUT2D eigenvalue weighted by atomic mass is 16.2. The molecule has 0 radical (unpaired) electrons. The zero-order chi connectivity index (χ0) is 11.6. The monoisotopic (exact) mass is 207 g/mol. The molecule has 4 heteroatoms. The molecule has 0 aliphatic carbocycles. The minimum atomic E-state index is -0.562. The van der Waals surface area contributed by atoms with Crippen molar-refractivity contribution in [3.63, 3.8) is 0 Å². The van der Waals surface area contributed by atoms with E-state index in [2.05, 4.69) is 6.07 Å². The van der Waals surface area contributed by atoms with Gasteiger partial charge in [-0.1, -0.05) is 26.8 Å². The molecule has 0 unspecified atom stereocenters. The normalized spacial score (nSPS) is 22.6. The van der Waals surface area contributed by atoms with Crippen LogP contribution in [0.3, 0.4) is 0 Å². The second-order valence-corrected chi connectivity index (χ2v) is 4.84. The Balaban J connectivity index is 2.75. The topological polar surface area (TPSA) is 70.1 Å². The Bertz CT molecular complexity index is 322. The van der Waals surface area contributed by atoms with Gasteiger partial charge in [0.25, 0.3) is 0 Å². The van der Waals surface area contributed by atoms with Crippen LogP contribution in [-0.4, -0.2) is 29.4 Å². The van der Waals surface area contributed by atoms with Gasteiger partial charge in [-0.3, -0.25) is 4.79 Å². The Labute approximate surface area is 90.3 Å². The molecule has 1 aliphatic rings. The average molecular weight is 207 g/mol. The second-order valence-electron chi connectivity index (χ2n) is 4.84. The first-order chi connectivity index (χ1) is 6.88. The SMILES string of the molecule is CC(C)(C)[C@H](N)C(=O)N1CC=C[C@H]1C#N. The van der Waals surface area contributed by atoms with Crippen molar-refractivity contribution < 1.29 is 4.79 Å². The molecular weight excluding hydrogens is 190 g/mol. The quantitative estimate of drug-likeness (QED) is 0.642. The largest absolute Gasteiger partial charge is 0.319 e. The molecule has 1 amide bonds. The van der Waals surface area contributed by atoms with Crippen molar-refractivity contribution in [1.29, 1.82) is 5.26 Å². The van der Waals surface area contributed by atoms with Crippen LogP contribution in [-0.2, 0) is 4.79 Å². The number of carbonyl (C=O) groups is 1. The zero-order valence-corrected chi connectivity index (χ0v) is 9.40. The van der Waals surface area contributed by atoms with Gasteiger partial charge in [0, 0.05) is 6.54 Å².